The first-order valence-corrected chi connectivity index (χ1v) is 6.91. The molecule has 1 heterocycles. The molecule has 0 bridgehead atoms. The highest BCUT2D eigenvalue weighted by atomic mass is 35.5. The molecular formula is C12H23ClN6. The van der Waals surface area contributed by atoms with Gasteiger partial charge in [-0.15, -0.1) is 0 Å². The number of anilines is 2. The second-order valence-electron chi connectivity index (χ2n) is 4.65. The summed E-state index contributed by atoms with van der Waals surface area (Å²) in [6, 6.07) is 0.244. The fourth-order valence-electron chi connectivity index (χ4n) is 1.74. The van der Waals surface area contributed by atoms with Crippen LogP contribution in [-0.4, -0.2) is 59.6 Å². The fraction of sp³-hybridized carbons (Fsp3) is 0.750. The van der Waals surface area contributed by atoms with Crippen LogP contribution in [0.5, 0.6) is 0 Å². The Balaban J connectivity index is 2.70. The van der Waals surface area contributed by atoms with E-state index in [9.17, 15) is 0 Å². The van der Waals surface area contributed by atoms with Crippen LogP contribution in [0.15, 0.2) is 0 Å². The standard InChI is InChI=1S/C12H23ClN6/c1-6-19(7-2)8-9(3)14-11-15-10(13)16-12(17-11)18(4)5/h9H,6-8H2,1-5H3,(H,14,15,16,17). The highest BCUT2D eigenvalue weighted by Gasteiger charge is 2.11. The third kappa shape index (κ3) is 5.16. The van der Waals surface area contributed by atoms with E-state index in [0.717, 1.165) is 19.6 Å². The molecule has 6 nitrogen and oxygen atoms in total. The van der Waals surface area contributed by atoms with Crippen LogP contribution < -0.4 is 10.2 Å². The summed E-state index contributed by atoms with van der Waals surface area (Å²) in [6.45, 7) is 9.41. The van der Waals surface area contributed by atoms with Gasteiger partial charge in [-0.3, -0.25) is 0 Å². The molecule has 0 radical (unpaired) electrons. The summed E-state index contributed by atoms with van der Waals surface area (Å²) in [5.74, 6) is 1.07. The van der Waals surface area contributed by atoms with Crippen molar-refractivity contribution in [3.63, 3.8) is 0 Å². The molecule has 0 aliphatic carbocycles. The number of likely N-dealkylation sites (N-methyl/N-ethyl adjacent to an activating group) is 1. The molecule has 0 aliphatic heterocycles. The topological polar surface area (TPSA) is 57.2 Å². The Kier molecular flexibility index (Phi) is 6.24. The first-order chi connectivity index (χ1) is 8.96. The summed E-state index contributed by atoms with van der Waals surface area (Å²) in [6.07, 6.45) is 0. The Morgan fingerprint density at radius 2 is 1.79 bits per heavy atom. The molecule has 0 saturated heterocycles. The molecule has 0 fully saturated rings. The lowest BCUT2D eigenvalue weighted by molar-refractivity contribution is 0.294. The Morgan fingerprint density at radius 1 is 1.16 bits per heavy atom. The highest BCUT2D eigenvalue weighted by molar-refractivity contribution is 6.28. The summed E-state index contributed by atoms with van der Waals surface area (Å²) in [4.78, 5) is 16.6. The number of hydrogen-bond acceptors (Lipinski definition) is 6. The van der Waals surface area contributed by atoms with Gasteiger partial charge in [0.15, 0.2) is 0 Å². The molecule has 0 saturated carbocycles. The molecule has 108 valence electrons. The molecule has 1 aromatic rings. The van der Waals surface area contributed by atoms with E-state index in [1.54, 1.807) is 4.90 Å². The van der Waals surface area contributed by atoms with Crippen molar-refractivity contribution in [1.82, 2.24) is 19.9 Å². The zero-order chi connectivity index (χ0) is 14.4. The van der Waals surface area contributed by atoms with Gasteiger partial charge >= 0.3 is 0 Å². The third-order valence-electron chi connectivity index (χ3n) is 2.80. The number of rotatable bonds is 7. The van der Waals surface area contributed by atoms with Crippen molar-refractivity contribution in [3.8, 4) is 0 Å². The van der Waals surface area contributed by atoms with Crippen LogP contribution in [0, 0.1) is 0 Å². The lowest BCUT2D eigenvalue weighted by Gasteiger charge is -2.23. The van der Waals surface area contributed by atoms with Crippen LogP contribution >= 0.6 is 11.6 Å². The van der Waals surface area contributed by atoms with E-state index in [0.29, 0.717) is 11.9 Å². The highest BCUT2D eigenvalue weighted by Crippen LogP contribution is 2.12. The first-order valence-electron chi connectivity index (χ1n) is 6.54. The van der Waals surface area contributed by atoms with Gasteiger partial charge in [0, 0.05) is 26.7 Å². The number of halogens is 1. The van der Waals surface area contributed by atoms with Gasteiger partial charge in [0.05, 0.1) is 0 Å². The van der Waals surface area contributed by atoms with Crippen molar-refractivity contribution in [2.24, 2.45) is 0 Å². The van der Waals surface area contributed by atoms with Crippen molar-refractivity contribution in [1.29, 1.82) is 0 Å². The smallest absolute Gasteiger partial charge is 0.230 e. The van der Waals surface area contributed by atoms with Crippen molar-refractivity contribution in [3.05, 3.63) is 5.28 Å². The van der Waals surface area contributed by atoms with Gasteiger partial charge in [-0.05, 0) is 31.6 Å². The van der Waals surface area contributed by atoms with Gasteiger partial charge in [-0.2, -0.15) is 15.0 Å². The van der Waals surface area contributed by atoms with Crippen LogP contribution in [0.3, 0.4) is 0 Å². The Labute approximate surface area is 120 Å². The van der Waals surface area contributed by atoms with E-state index >= 15 is 0 Å². The molecule has 1 atom stereocenters. The molecule has 1 unspecified atom stereocenters. The maximum absolute atomic E-state index is 5.90. The molecule has 1 N–H and O–H groups in total. The van der Waals surface area contributed by atoms with Crippen LogP contribution in [0.2, 0.25) is 5.28 Å². The van der Waals surface area contributed by atoms with E-state index in [-0.39, 0.29) is 11.3 Å². The largest absolute Gasteiger partial charge is 0.350 e. The lowest BCUT2D eigenvalue weighted by Crippen LogP contribution is -2.35. The van der Waals surface area contributed by atoms with Gasteiger partial charge in [-0.25, -0.2) is 0 Å². The van der Waals surface area contributed by atoms with E-state index in [1.807, 2.05) is 14.1 Å². The zero-order valence-electron chi connectivity index (χ0n) is 12.3. The third-order valence-corrected chi connectivity index (χ3v) is 2.97. The van der Waals surface area contributed by atoms with Crippen LogP contribution in [0.25, 0.3) is 0 Å². The Hall–Kier alpha value is -1.14. The van der Waals surface area contributed by atoms with Gasteiger partial charge in [0.2, 0.25) is 17.2 Å². The minimum absolute atomic E-state index is 0.205. The van der Waals surface area contributed by atoms with Gasteiger partial charge < -0.3 is 15.1 Å². The fourth-order valence-corrected chi connectivity index (χ4v) is 1.89. The molecule has 0 amide bonds. The predicted molar refractivity (Wildman–Crippen MR) is 80.0 cm³/mol. The summed E-state index contributed by atoms with van der Waals surface area (Å²) in [5.41, 5.74) is 0. The maximum atomic E-state index is 5.90. The van der Waals surface area contributed by atoms with Crippen molar-refractivity contribution >= 4 is 23.5 Å². The number of nitrogens with zero attached hydrogens (tertiary/aromatic N) is 5. The number of nitrogens with one attached hydrogen (secondary N) is 1. The molecule has 7 heteroatoms. The molecular weight excluding hydrogens is 264 g/mol. The van der Waals surface area contributed by atoms with E-state index in [1.165, 1.54) is 0 Å². The van der Waals surface area contributed by atoms with Crippen LogP contribution in [-0.2, 0) is 0 Å². The minimum atomic E-state index is 0.205. The summed E-state index contributed by atoms with van der Waals surface area (Å²) < 4.78 is 0. The maximum Gasteiger partial charge on any atom is 0.230 e. The van der Waals surface area contributed by atoms with Crippen LogP contribution in [0.4, 0.5) is 11.9 Å². The summed E-state index contributed by atoms with van der Waals surface area (Å²) in [7, 11) is 3.74. The average molecular weight is 287 g/mol. The second-order valence-corrected chi connectivity index (χ2v) is 4.99. The molecule has 0 spiro atoms. The number of aromatic nitrogens is 3. The summed E-state index contributed by atoms with van der Waals surface area (Å²) >= 11 is 5.90. The molecule has 1 rings (SSSR count). The quantitative estimate of drug-likeness (QED) is 0.824. The van der Waals surface area contributed by atoms with Crippen molar-refractivity contribution < 1.29 is 0 Å². The lowest BCUT2D eigenvalue weighted by atomic mass is 10.3. The normalized spacial score (nSPS) is 12.6. The van der Waals surface area contributed by atoms with Gasteiger partial charge in [0.1, 0.15) is 0 Å². The molecule has 0 aliphatic rings. The zero-order valence-corrected chi connectivity index (χ0v) is 13.1. The van der Waals surface area contributed by atoms with Crippen molar-refractivity contribution in [2.75, 3.05) is 43.9 Å². The van der Waals surface area contributed by atoms with Crippen LogP contribution in [0.1, 0.15) is 20.8 Å². The number of hydrogen-bond donors (Lipinski definition) is 1. The van der Waals surface area contributed by atoms with Crippen molar-refractivity contribution in [2.45, 2.75) is 26.8 Å². The van der Waals surface area contributed by atoms with Gasteiger partial charge in [0.25, 0.3) is 0 Å². The monoisotopic (exact) mass is 286 g/mol. The van der Waals surface area contributed by atoms with E-state index < -0.39 is 0 Å². The molecule has 0 aromatic carbocycles. The average Bonchev–Trinajstić information content (AvgIpc) is 2.35. The van der Waals surface area contributed by atoms with E-state index in [2.05, 4.69) is 45.9 Å². The summed E-state index contributed by atoms with van der Waals surface area (Å²) in [5, 5.41) is 3.47. The molecule has 19 heavy (non-hydrogen) atoms. The SMILES string of the molecule is CCN(CC)CC(C)Nc1nc(Cl)nc(N(C)C)n1. The first kappa shape index (κ1) is 15.9. The Bertz CT molecular complexity index is 394. The van der Waals surface area contributed by atoms with E-state index in [4.69, 9.17) is 11.6 Å². The Morgan fingerprint density at radius 3 is 2.32 bits per heavy atom. The minimum Gasteiger partial charge on any atom is -0.350 e. The molecule has 1 aromatic heterocycles. The second kappa shape index (κ2) is 7.45. The van der Waals surface area contributed by atoms with Gasteiger partial charge in [-0.1, -0.05) is 13.8 Å². The predicted octanol–water partition coefficient (Wildman–Crippen LogP) is 1.73.